The molecule has 0 atom stereocenters. The van der Waals surface area contributed by atoms with Gasteiger partial charge in [-0.25, -0.2) is 0 Å². The van der Waals surface area contributed by atoms with Gasteiger partial charge in [0.25, 0.3) is 0 Å². The fourth-order valence-corrected chi connectivity index (χ4v) is 4.29. The molecular weight excluding hydrogens is 488 g/mol. The normalized spacial score (nSPS) is 10.5. The zero-order valence-corrected chi connectivity index (χ0v) is 23.8. The Balaban J connectivity index is 0. The van der Waals surface area contributed by atoms with Gasteiger partial charge in [-0.05, 0) is 25.7 Å². The summed E-state index contributed by atoms with van der Waals surface area (Å²) in [6.45, 7) is 0. The van der Waals surface area contributed by atoms with Crippen molar-refractivity contribution in [2.45, 2.75) is 167 Å². The van der Waals surface area contributed by atoms with Gasteiger partial charge in [0.05, 0.1) is 0 Å². The van der Waals surface area contributed by atoms with Crippen molar-refractivity contribution in [3.8, 4) is 0 Å². The first-order valence-corrected chi connectivity index (χ1v) is 15.1. The van der Waals surface area contributed by atoms with E-state index in [0.717, 1.165) is 77.0 Å². The van der Waals surface area contributed by atoms with Crippen LogP contribution in [0.25, 0.3) is 0 Å². The van der Waals surface area contributed by atoms with Gasteiger partial charge in [-0.2, -0.15) is 0 Å². The van der Waals surface area contributed by atoms with Crippen LogP contribution in [0.3, 0.4) is 0 Å². The highest BCUT2D eigenvalue weighted by Gasteiger charge is 1.99. The van der Waals surface area contributed by atoms with Gasteiger partial charge < -0.3 is 20.4 Å². The predicted octanol–water partition coefficient (Wildman–Crippen LogP) is 8.45. The summed E-state index contributed by atoms with van der Waals surface area (Å²) in [5.41, 5.74) is 0. The number of carboxylic acid groups (broad SMARTS) is 4. The van der Waals surface area contributed by atoms with Crippen LogP contribution in [0, 0.1) is 0 Å². The monoisotopic (exact) mass is 544 g/mol. The molecule has 4 N–H and O–H groups in total. The molecule has 0 fully saturated rings. The topological polar surface area (TPSA) is 149 Å². The zero-order valence-electron chi connectivity index (χ0n) is 23.8. The average Bonchev–Trinajstić information content (AvgIpc) is 2.84. The summed E-state index contributed by atoms with van der Waals surface area (Å²) in [4.78, 5) is 41.1. The first-order valence-electron chi connectivity index (χ1n) is 15.1. The van der Waals surface area contributed by atoms with Gasteiger partial charge in [-0.1, -0.05) is 116 Å². The third-order valence-electron chi connectivity index (χ3n) is 6.56. The molecule has 0 aliphatic heterocycles. The van der Waals surface area contributed by atoms with Gasteiger partial charge in [0, 0.05) is 25.7 Å². The number of carbonyl (C=O) groups is 4. The summed E-state index contributed by atoms with van der Waals surface area (Å²) >= 11 is 0. The number of carboxylic acids is 4. The number of hydrogen-bond donors (Lipinski definition) is 4. The maximum Gasteiger partial charge on any atom is 0.303 e. The number of aliphatic carboxylic acids is 4. The SMILES string of the molecule is O=C(O)CCCCCCCCCCCCCC(=O)O.O=C(O)CCCCCCCCCCCCCC(=O)O. The van der Waals surface area contributed by atoms with Crippen molar-refractivity contribution in [3.63, 3.8) is 0 Å². The molecule has 0 aromatic heterocycles. The maximum atomic E-state index is 10.3. The highest BCUT2D eigenvalue weighted by molar-refractivity contribution is 5.67. The first-order chi connectivity index (χ1) is 18.3. The molecule has 0 aliphatic rings. The predicted molar refractivity (Wildman–Crippen MR) is 151 cm³/mol. The Hall–Kier alpha value is -2.12. The second-order valence-electron chi connectivity index (χ2n) is 10.4. The Labute approximate surface area is 230 Å². The molecule has 0 aliphatic carbocycles. The molecule has 0 radical (unpaired) electrons. The Kier molecular flexibility index (Phi) is 31.1. The van der Waals surface area contributed by atoms with E-state index in [1.165, 1.54) is 64.2 Å². The molecule has 0 amide bonds. The van der Waals surface area contributed by atoms with Crippen molar-refractivity contribution in [3.05, 3.63) is 0 Å². The Morgan fingerprint density at radius 3 is 0.447 bits per heavy atom. The van der Waals surface area contributed by atoms with Crippen LogP contribution in [0.5, 0.6) is 0 Å². The van der Waals surface area contributed by atoms with Crippen molar-refractivity contribution in [1.82, 2.24) is 0 Å². The van der Waals surface area contributed by atoms with Crippen LogP contribution in [0.15, 0.2) is 0 Å². The molecule has 0 saturated carbocycles. The van der Waals surface area contributed by atoms with Crippen molar-refractivity contribution < 1.29 is 39.6 Å². The van der Waals surface area contributed by atoms with E-state index < -0.39 is 23.9 Å². The van der Waals surface area contributed by atoms with Crippen molar-refractivity contribution in [2.24, 2.45) is 0 Å². The standard InChI is InChI=1S/2C15H28O4/c2*16-14(17)12-10-8-6-4-2-1-3-5-7-9-11-13-15(18)19/h2*1-13H2,(H,16,17)(H,18,19). The van der Waals surface area contributed by atoms with Crippen molar-refractivity contribution in [1.29, 1.82) is 0 Å². The van der Waals surface area contributed by atoms with Gasteiger partial charge in [-0.15, -0.1) is 0 Å². The number of hydrogen-bond acceptors (Lipinski definition) is 4. The molecule has 0 heterocycles. The van der Waals surface area contributed by atoms with Crippen molar-refractivity contribution in [2.75, 3.05) is 0 Å². The molecule has 0 rings (SSSR count). The fraction of sp³-hybridized carbons (Fsp3) is 0.867. The fourth-order valence-electron chi connectivity index (χ4n) is 4.29. The van der Waals surface area contributed by atoms with E-state index in [1.54, 1.807) is 0 Å². The van der Waals surface area contributed by atoms with Crippen molar-refractivity contribution >= 4 is 23.9 Å². The van der Waals surface area contributed by atoms with Crippen LogP contribution in [-0.4, -0.2) is 44.3 Å². The molecule has 8 nitrogen and oxygen atoms in total. The number of rotatable bonds is 28. The van der Waals surface area contributed by atoms with Crippen LogP contribution in [0.2, 0.25) is 0 Å². The summed E-state index contributed by atoms with van der Waals surface area (Å²) in [6.07, 6.45) is 25.4. The van der Waals surface area contributed by atoms with Gasteiger partial charge in [-0.3, -0.25) is 19.2 Å². The molecule has 0 unspecified atom stereocenters. The third kappa shape index (κ3) is 41.0. The summed E-state index contributed by atoms with van der Waals surface area (Å²) in [5, 5.41) is 33.9. The molecule has 224 valence electrons. The summed E-state index contributed by atoms with van der Waals surface area (Å²) in [6, 6.07) is 0. The van der Waals surface area contributed by atoms with Crippen LogP contribution in [0.4, 0.5) is 0 Å². The Bertz CT molecular complexity index is 479. The van der Waals surface area contributed by atoms with Crippen LogP contribution in [-0.2, 0) is 19.2 Å². The lowest BCUT2D eigenvalue weighted by Crippen LogP contribution is -1.93. The minimum absolute atomic E-state index is 0.302. The van der Waals surface area contributed by atoms with Gasteiger partial charge in [0.2, 0.25) is 0 Å². The van der Waals surface area contributed by atoms with E-state index in [9.17, 15) is 19.2 Å². The van der Waals surface area contributed by atoms with Gasteiger partial charge in [0.1, 0.15) is 0 Å². The molecule has 0 spiro atoms. The summed E-state index contributed by atoms with van der Waals surface area (Å²) in [7, 11) is 0. The van der Waals surface area contributed by atoms with E-state index in [4.69, 9.17) is 20.4 Å². The molecule has 0 bridgehead atoms. The van der Waals surface area contributed by atoms with E-state index in [2.05, 4.69) is 0 Å². The molecule has 0 aromatic carbocycles. The summed E-state index contributed by atoms with van der Waals surface area (Å²) < 4.78 is 0. The Morgan fingerprint density at radius 2 is 0.342 bits per heavy atom. The minimum atomic E-state index is -0.692. The summed E-state index contributed by atoms with van der Waals surface area (Å²) in [5.74, 6) is -2.77. The second kappa shape index (κ2) is 31.1. The molecule has 0 aromatic rings. The lowest BCUT2D eigenvalue weighted by molar-refractivity contribution is -0.138. The highest BCUT2D eigenvalue weighted by Crippen LogP contribution is 2.13. The molecule has 8 heteroatoms. The maximum absolute atomic E-state index is 10.3. The zero-order chi connectivity index (χ0) is 28.7. The van der Waals surface area contributed by atoms with E-state index in [1.807, 2.05) is 0 Å². The van der Waals surface area contributed by atoms with E-state index in [-0.39, 0.29) is 0 Å². The van der Waals surface area contributed by atoms with E-state index >= 15 is 0 Å². The van der Waals surface area contributed by atoms with Gasteiger partial charge >= 0.3 is 23.9 Å². The number of unbranched alkanes of at least 4 members (excludes halogenated alkanes) is 20. The highest BCUT2D eigenvalue weighted by atomic mass is 16.4. The van der Waals surface area contributed by atoms with Crippen LogP contribution < -0.4 is 0 Å². The largest absolute Gasteiger partial charge is 0.481 e. The quantitative estimate of drug-likeness (QED) is 0.0716. The first kappa shape index (κ1) is 38.0. The lowest BCUT2D eigenvalue weighted by Gasteiger charge is -2.02. The third-order valence-corrected chi connectivity index (χ3v) is 6.56. The average molecular weight is 545 g/mol. The van der Waals surface area contributed by atoms with E-state index in [0.29, 0.717) is 25.7 Å². The molecule has 38 heavy (non-hydrogen) atoms. The Morgan fingerprint density at radius 1 is 0.237 bits per heavy atom. The minimum Gasteiger partial charge on any atom is -0.481 e. The smallest absolute Gasteiger partial charge is 0.303 e. The van der Waals surface area contributed by atoms with Gasteiger partial charge in [0.15, 0.2) is 0 Å². The van der Waals surface area contributed by atoms with Crippen LogP contribution in [0.1, 0.15) is 167 Å². The molecular formula is C30H56O8. The molecule has 0 saturated heterocycles. The van der Waals surface area contributed by atoms with Crippen LogP contribution >= 0.6 is 0 Å². The lowest BCUT2D eigenvalue weighted by atomic mass is 10.0. The second-order valence-corrected chi connectivity index (χ2v) is 10.4.